The number of hydrogen-bond donors (Lipinski definition) is 1. The van der Waals surface area contributed by atoms with Crippen molar-refractivity contribution in [1.82, 2.24) is 10.3 Å². The largest absolute Gasteiger partial charge is 0.306 e. The fourth-order valence-electron chi connectivity index (χ4n) is 2.53. The summed E-state index contributed by atoms with van der Waals surface area (Å²) in [4.78, 5) is 4.34. The van der Waals surface area contributed by atoms with Gasteiger partial charge in [0.25, 0.3) is 0 Å². The minimum absolute atomic E-state index is 0.221. The van der Waals surface area contributed by atoms with Gasteiger partial charge in [-0.25, -0.2) is 0 Å². The van der Waals surface area contributed by atoms with E-state index in [1.807, 2.05) is 12.4 Å². The molecule has 112 valence electrons. The van der Waals surface area contributed by atoms with Crippen molar-refractivity contribution < 1.29 is 0 Å². The molecule has 21 heavy (non-hydrogen) atoms. The van der Waals surface area contributed by atoms with Crippen LogP contribution in [-0.4, -0.2) is 11.5 Å². The Kier molecular flexibility index (Phi) is 5.51. The molecular weight excluding hydrogens is 256 g/mol. The maximum atomic E-state index is 4.34. The minimum atomic E-state index is 0.221. The normalized spacial score (nSPS) is 12.6. The van der Waals surface area contributed by atoms with Crippen LogP contribution in [0.1, 0.15) is 61.4 Å². The zero-order valence-corrected chi connectivity index (χ0v) is 13.6. The van der Waals surface area contributed by atoms with Crippen LogP contribution < -0.4 is 5.32 Å². The first-order valence-electron chi connectivity index (χ1n) is 7.86. The lowest BCUT2D eigenvalue weighted by atomic mass is 9.95. The van der Waals surface area contributed by atoms with E-state index in [2.05, 4.69) is 68.3 Å². The highest BCUT2D eigenvalue weighted by Crippen LogP contribution is 2.24. The lowest BCUT2D eigenvalue weighted by Crippen LogP contribution is -2.23. The molecule has 0 radical (unpaired) electrons. The third-order valence-electron chi connectivity index (χ3n) is 3.76. The molecule has 0 aliphatic carbocycles. The topological polar surface area (TPSA) is 24.9 Å². The minimum Gasteiger partial charge on any atom is -0.306 e. The van der Waals surface area contributed by atoms with Gasteiger partial charge in [-0.1, -0.05) is 51.1 Å². The Morgan fingerprint density at radius 3 is 2.24 bits per heavy atom. The maximum Gasteiger partial charge on any atom is 0.0592 e. The summed E-state index contributed by atoms with van der Waals surface area (Å²) < 4.78 is 0. The zero-order chi connectivity index (χ0) is 15.2. The van der Waals surface area contributed by atoms with Crippen LogP contribution in [0.2, 0.25) is 0 Å². The number of nitrogens with zero attached hydrogens (tertiary/aromatic N) is 1. The summed E-state index contributed by atoms with van der Waals surface area (Å²) in [6.07, 6.45) is 5.00. The molecule has 1 N–H and O–H groups in total. The van der Waals surface area contributed by atoms with E-state index < -0.39 is 0 Å². The van der Waals surface area contributed by atoms with E-state index in [0.717, 1.165) is 13.0 Å². The Hall–Kier alpha value is -1.67. The molecule has 0 bridgehead atoms. The first-order valence-corrected chi connectivity index (χ1v) is 7.86. The molecule has 2 heteroatoms. The van der Waals surface area contributed by atoms with Crippen LogP contribution in [0.4, 0.5) is 0 Å². The standard InChI is InChI=1S/C19H26N2/c1-5-10-21-19(18-11-15(4)12-20-13-18)17-8-6-16(7-9-17)14(2)3/h6-9,11-14,19,21H,5,10H2,1-4H3. The second-order valence-electron chi connectivity index (χ2n) is 6.00. The highest BCUT2D eigenvalue weighted by atomic mass is 14.9. The summed E-state index contributed by atoms with van der Waals surface area (Å²) >= 11 is 0. The number of hydrogen-bond acceptors (Lipinski definition) is 2. The van der Waals surface area contributed by atoms with Gasteiger partial charge in [0, 0.05) is 12.4 Å². The molecule has 1 aromatic carbocycles. The van der Waals surface area contributed by atoms with Crippen molar-refractivity contribution in [1.29, 1.82) is 0 Å². The van der Waals surface area contributed by atoms with E-state index >= 15 is 0 Å². The quantitative estimate of drug-likeness (QED) is 0.837. The average molecular weight is 282 g/mol. The maximum absolute atomic E-state index is 4.34. The summed E-state index contributed by atoms with van der Waals surface area (Å²) in [5, 5.41) is 3.64. The third kappa shape index (κ3) is 4.15. The fraction of sp³-hybridized carbons (Fsp3) is 0.421. The van der Waals surface area contributed by atoms with Crippen molar-refractivity contribution >= 4 is 0 Å². The highest BCUT2D eigenvalue weighted by molar-refractivity contribution is 5.34. The van der Waals surface area contributed by atoms with Crippen molar-refractivity contribution in [2.24, 2.45) is 0 Å². The van der Waals surface area contributed by atoms with Gasteiger partial charge < -0.3 is 5.32 Å². The van der Waals surface area contributed by atoms with Crippen LogP contribution in [-0.2, 0) is 0 Å². The summed E-state index contributed by atoms with van der Waals surface area (Å²) in [5.74, 6) is 0.571. The lowest BCUT2D eigenvalue weighted by Gasteiger charge is -2.20. The molecule has 1 heterocycles. The monoisotopic (exact) mass is 282 g/mol. The van der Waals surface area contributed by atoms with E-state index in [1.54, 1.807) is 0 Å². The van der Waals surface area contributed by atoms with Gasteiger partial charge in [-0.2, -0.15) is 0 Å². The second-order valence-corrected chi connectivity index (χ2v) is 6.00. The Morgan fingerprint density at radius 1 is 1.00 bits per heavy atom. The van der Waals surface area contributed by atoms with E-state index in [-0.39, 0.29) is 6.04 Å². The number of pyridine rings is 1. The molecule has 0 fully saturated rings. The number of benzene rings is 1. The molecule has 1 atom stereocenters. The predicted octanol–water partition coefficient (Wildman–Crippen LogP) is 4.60. The highest BCUT2D eigenvalue weighted by Gasteiger charge is 2.14. The Labute approximate surface area is 128 Å². The Bertz CT molecular complexity index is 558. The lowest BCUT2D eigenvalue weighted by molar-refractivity contribution is 0.596. The molecule has 0 aliphatic rings. The first-order chi connectivity index (χ1) is 10.1. The molecule has 2 nitrogen and oxygen atoms in total. The summed E-state index contributed by atoms with van der Waals surface area (Å²) in [5.41, 5.74) is 5.13. The molecule has 2 rings (SSSR count). The van der Waals surface area contributed by atoms with Crippen LogP contribution in [0.25, 0.3) is 0 Å². The Balaban J connectivity index is 2.31. The predicted molar refractivity (Wildman–Crippen MR) is 89.6 cm³/mol. The molecule has 2 aromatic rings. The average Bonchev–Trinajstić information content (AvgIpc) is 2.48. The van der Waals surface area contributed by atoms with Gasteiger partial charge in [0.15, 0.2) is 0 Å². The molecular formula is C19H26N2. The molecule has 0 spiro atoms. The van der Waals surface area contributed by atoms with Crippen molar-refractivity contribution in [3.05, 3.63) is 65.0 Å². The van der Waals surface area contributed by atoms with Crippen molar-refractivity contribution in [3.63, 3.8) is 0 Å². The van der Waals surface area contributed by atoms with Gasteiger partial charge in [0.2, 0.25) is 0 Å². The molecule has 1 aromatic heterocycles. The third-order valence-corrected chi connectivity index (χ3v) is 3.76. The molecule has 0 amide bonds. The van der Waals surface area contributed by atoms with Gasteiger partial charge >= 0.3 is 0 Å². The molecule has 0 saturated heterocycles. The van der Waals surface area contributed by atoms with Crippen molar-refractivity contribution in [2.75, 3.05) is 6.54 Å². The van der Waals surface area contributed by atoms with E-state index in [0.29, 0.717) is 5.92 Å². The molecule has 0 saturated carbocycles. The molecule has 0 aliphatic heterocycles. The number of aryl methyl sites for hydroxylation is 1. The van der Waals surface area contributed by atoms with Crippen molar-refractivity contribution in [3.8, 4) is 0 Å². The Morgan fingerprint density at radius 2 is 1.67 bits per heavy atom. The van der Waals surface area contributed by atoms with Gasteiger partial charge in [0.05, 0.1) is 6.04 Å². The zero-order valence-electron chi connectivity index (χ0n) is 13.6. The van der Waals surface area contributed by atoms with Crippen LogP contribution in [0.15, 0.2) is 42.7 Å². The second kappa shape index (κ2) is 7.37. The van der Waals surface area contributed by atoms with Gasteiger partial charge in [-0.15, -0.1) is 0 Å². The molecule has 1 unspecified atom stereocenters. The number of nitrogens with one attached hydrogen (secondary N) is 1. The summed E-state index contributed by atoms with van der Waals surface area (Å²) in [6.45, 7) is 9.75. The van der Waals surface area contributed by atoms with Crippen LogP contribution >= 0.6 is 0 Å². The van der Waals surface area contributed by atoms with Gasteiger partial charge in [-0.05, 0) is 48.1 Å². The number of aromatic nitrogens is 1. The SMILES string of the molecule is CCCNC(c1ccc(C(C)C)cc1)c1cncc(C)c1. The summed E-state index contributed by atoms with van der Waals surface area (Å²) in [7, 11) is 0. The van der Waals surface area contributed by atoms with Gasteiger partial charge in [-0.3, -0.25) is 4.98 Å². The number of rotatable bonds is 6. The summed E-state index contributed by atoms with van der Waals surface area (Å²) in [6, 6.07) is 11.4. The van der Waals surface area contributed by atoms with Crippen molar-refractivity contribution in [2.45, 2.75) is 46.1 Å². The van der Waals surface area contributed by atoms with E-state index in [1.165, 1.54) is 22.3 Å². The first kappa shape index (κ1) is 15.7. The van der Waals surface area contributed by atoms with Crippen LogP contribution in [0.3, 0.4) is 0 Å². The van der Waals surface area contributed by atoms with Crippen LogP contribution in [0, 0.1) is 6.92 Å². The van der Waals surface area contributed by atoms with E-state index in [9.17, 15) is 0 Å². The van der Waals surface area contributed by atoms with Gasteiger partial charge in [0.1, 0.15) is 0 Å². The smallest absolute Gasteiger partial charge is 0.0592 e. The fourth-order valence-corrected chi connectivity index (χ4v) is 2.53. The van der Waals surface area contributed by atoms with Crippen LogP contribution in [0.5, 0.6) is 0 Å². The van der Waals surface area contributed by atoms with E-state index in [4.69, 9.17) is 0 Å².